The Hall–Kier alpha value is -0.220. The molecule has 0 aliphatic carbocycles. The van der Waals surface area contributed by atoms with E-state index in [9.17, 15) is 0 Å². The summed E-state index contributed by atoms with van der Waals surface area (Å²) in [7, 11) is 0. The number of rotatable bonds is 1. The minimum atomic E-state index is 0. The van der Waals surface area contributed by atoms with Crippen molar-refractivity contribution < 1.29 is 0 Å². The van der Waals surface area contributed by atoms with E-state index in [0.717, 1.165) is 0 Å². The summed E-state index contributed by atoms with van der Waals surface area (Å²) in [6.07, 6.45) is 9.24. The molecule has 2 saturated heterocycles. The summed E-state index contributed by atoms with van der Waals surface area (Å²) in [5, 5.41) is 3.48. The first-order valence-electron chi connectivity index (χ1n) is 6.74. The van der Waals surface area contributed by atoms with Crippen molar-refractivity contribution in [1.82, 2.24) is 10.3 Å². The standard InChI is InChI=1S/C14H21N3.3ClH/c1-4-14(5-9-16-10-6-14)12-17(11-1)13-2-7-15-8-3-13;;;/h2-3,7-8,16H,1,4-6,9-12H2;3*1H. The van der Waals surface area contributed by atoms with Crippen LogP contribution in [0.4, 0.5) is 5.69 Å². The maximum absolute atomic E-state index is 4.11. The predicted molar refractivity (Wildman–Crippen MR) is 92.0 cm³/mol. The van der Waals surface area contributed by atoms with Gasteiger partial charge in [-0.2, -0.15) is 0 Å². The number of nitrogens with one attached hydrogen (secondary N) is 1. The van der Waals surface area contributed by atoms with Crippen LogP contribution in [0.15, 0.2) is 24.5 Å². The number of hydrogen-bond donors (Lipinski definition) is 1. The van der Waals surface area contributed by atoms with Gasteiger partial charge in [0.25, 0.3) is 0 Å². The topological polar surface area (TPSA) is 28.2 Å². The van der Waals surface area contributed by atoms with E-state index >= 15 is 0 Å². The Morgan fingerprint density at radius 2 is 1.65 bits per heavy atom. The van der Waals surface area contributed by atoms with Gasteiger partial charge in [-0.15, -0.1) is 37.2 Å². The van der Waals surface area contributed by atoms with Gasteiger partial charge in [0.05, 0.1) is 0 Å². The van der Waals surface area contributed by atoms with Gasteiger partial charge in [0, 0.05) is 31.2 Å². The zero-order valence-electron chi connectivity index (χ0n) is 11.6. The van der Waals surface area contributed by atoms with Gasteiger partial charge in [-0.05, 0) is 56.3 Å². The zero-order valence-corrected chi connectivity index (χ0v) is 14.0. The lowest BCUT2D eigenvalue weighted by atomic mass is 9.73. The van der Waals surface area contributed by atoms with Gasteiger partial charge in [0.1, 0.15) is 0 Å². The third-order valence-electron chi connectivity index (χ3n) is 4.35. The molecular weight excluding hydrogens is 317 g/mol. The molecule has 1 N–H and O–H groups in total. The molecule has 0 aromatic carbocycles. The van der Waals surface area contributed by atoms with Crippen molar-refractivity contribution in [3.05, 3.63) is 24.5 Å². The first-order chi connectivity index (χ1) is 8.38. The van der Waals surface area contributed by atoms with Crippen LogP contribution in [0.25, 0.3) is 0 Å². The SMILES string of the molecule is Cl.Cl.Cl.c1cc(N2CCCC3(CCNCC3)C2)ccn1. The molecule has 0 unspecified atom stereocenters. The Bertz CT molecular complexity index is 364. The predicted octanol–water partition coefficient (Wildman–Crippen LogP) is 3.32. The van der Waals surface area contributed by atoms with Gasteiger partial charge >= 0.3 is 0 Å². The first-order valence-corrected chi connectivity index (χ1v) is 6.74. The average molecular weight is 341 g/mol. The van der Waals surface area contributed by atoms with E-state index in [1.807, 2.05) is 12.4 Å². The van der Waals surface area contributed by atoms with Crippen LogP contribution < -0.4 is 10.2 Å². The number of aromatic nitrogens is 1. The molecule has 0 amide bonds. The molecule has 1 aromatic heterocycles. The van der Waals surface area contributed by atoms with Gasteiger partial charge in [0.2, 0.25) is 0 Å². The van der Waals surface area contributed by atoms with Gasteiger partial charge in [-0.3, -0.25) is 4.98 Å². The van der Waals surface area contributed by atoms with E-state index in [4.69, 9.17) is 0 Å². The number of hydrogen-bond acceptors (Lipinski definition) is 3. The van der Waals surface area contributed by atoms with Crippen LogP contribution >= 0.6 is 37.2 Å². The molecular formula is C14H24Cl3N3. The summed E-state index contributed by atoms with van der Waals surface area (Å²) < 4.78 is 0. The second-order valence-electron chi connectivity index (χ2n) is 5.48. The molecule has 0 saturated carbocycles. The van der Waals surface area contributed by atoms with E-state index in [1.54, 1.807) is 0 Å². The molecule has 2 aliphatic rings. The largest absolute Gasteiger partial charge is 0.371 e. The van der Waals surface area contributed by atoms with Gasteiger partial charge in [0.15, 0.2) is 0 Å². The van der Waals surface area contributed by atoms with Crippen LogP contribution in [0.3, 0.4) is 0 Å². The quantitative estimate of drug-likeness (QED) is 0.850. The molecule has 3 nitrogen and oxygen atoms in total. The fourth-order valence-corrected chi connectivity index (χ4v) is 3.35. The fourth-order valence-electron chi connectivity index (χ4n) is 3.35. The Balaban J connectivity index is 0.00000120. The average Bonchev–Trinajstić information content (AvgIpc) is 2.41. The first kappa shape index (κ1) is 19.8. The minimum absolute atomic E-state index is 0. The van der Waals surface area contributed by atoms with Gasteiger partial charge < -0.3 is 10.2 Å². The summed E-state index contributed by atoms with van der Waals surface area (Å²) in [6.45, 7) is 4.84. The maximum atomic E-state index is 4.11. The third kappa shape index (κ3) is 4.39. The fraction of sp³-hybridized carbons (Fsp3) is 0.643. The molecule has 6 heteroatoms. The van der Waals surface area contributed by atoms with Crippen molar-refractivity contribution >= 4 is 42.9 Å². The van der Waals surface area contributed by atoms with Crippen molar-refractivity contribution in [2.24, 2.45) is 5.41 Å². The minimum Gasteiger partial charge on any atom is -0.371 e. The van der Waals surface area contributed by atoms with Crippen LogP contribution in [0, 0.1) is 5.41 Å². The van der Waals surface area contributed by atoms with E-state index in [1.165, 1.54) is 57.5 Å². The Kier molecular flexibility index (Phi) is 8.83. The number of anilines is 1. The zero-order chi connectivity index (χ0) is 11.6. The van der Waals surface area contributed by atoms with Gasteiger partial charge in [-0.1, -0.05) is 0 Å². The number of pyridine rings is 1. The van der Waals surface area contributed by atoms with Crippen molar-refractivity contribution in [2.75, 3.05) is 31.1 Å². The van der Waals surface area contributed by atoms with E-state index < -0.39 is 0 Å². The second-order valence-corrected chi connectivity index (χ2v) is 5.48. The molecule has 2 fully saturated rings. The molecule has 20 heavy (non-hydrogen) atoms. The Morgan fingerprint density at radius 3 is 2.30 bits per heavy atom. The van der Waals surface area contributed by atoms with E-state index in [2.05, 4.69) is 27.3 Å². The van der Waals surface area contributed by atoms with E-state index in [-0.39, 0.29) is 37.2 Å². The van der Waals surface area contributed by atoms with Crippen LogP contribution in [-0.4, -0.2) is 31.2 Å². The number of nitrogens with zero attached hydrogens (tertiary/aromatic N) is 2. The number of piperidine rings is 2. The van der Waals surface area contributed by atoms with Gasteiger partial charge in [-0.25, -0.2) is 0 Å². The van der Waals surface area contributed by atoms with Crippen LogP contribution in [-0.2, 0) is 0 Å². The summed E-state index contributed by atoms with van der Waals surface area (Å²) in [4.78, 5) is 6.66. The van der Waals surface area contributed by atoms with Crippen molar-refractivity contribution in [3.63, 3.8) is 0 Å². The normalized spacial score (nSPS) is 20.3. The van der Waals surface area contributed by atoms with Crippen LogP contribution in [0.2, 0.25) is 0 Å². The third-order valence-corrected chi connectivity index (χ3v) is 4.35. The highest BCUT2D eigenvalue weighted by molar-refractivity contribution is 5.86. The molecule has 0 bridgehead atoms. The Labute approximate surface area is 140 Å². The smallest absolute Gasteiger partial charge is 0.0397 e. The lowest BCUT2D eigenvalue weighted by molar-refractivity contribution is 0.167. The summed E-state index contributed by atoms with van der Waals surface area (Å²) >= 11 is 0. The lowest BCUT2D eigenvalue weighted by Gasteiger charge is -2.46. The van der Waals surface area contributed by atoms with E-state index in [0.29, 0.717) is 5.41 Å². The molecule has 3 heterocycles. The maximum Gasteiger partial charge on any atom is 0.0397 e. The molecule has 1 spiro atoms. The highest BCUT2D eigenvalue weighted by Crippen LogP contribution is 2.39. The molecule has 2 aliphatic heterocycles. The molecule has 1 aromatic rings. The molecule has 0 radical (unpaired) electrons. The summed E-state index contributed by atoms with van der Waals surface area (Å²) in [5.41, 5.74) is 1.92. The highest BCUT2D eigenvalue weighted by atomic mass is 35.5. The summed E-state index contributed by atoms with van der Waals surface area (Å²) in [6, 6.07) is 4.28. The van der Waals surface area contributed by atoms with Crippen molar-refractivity contribution in [3.8, 4) is 0 Å². The lowest BCUT2D eigenvalue weighted by Crippen LogP contribution is -2.48. The number of halogens is 3. The Morgan fingerprint density at radius 1 is 1.00 bits per heavy atom. The highest BCUT2D eigenvalue weighted by Gasteiger charge is 2.36. The van der Waals surface area contributed by atoms with Crippen LogP contribution in [0.1, 0.15) is 25.7 Å². The molecule has 0 atom stereocenters. The van der Waals surface area contributed by atoms with Crippen molar-refractivity contribution in [1.29, 1.82) is 0 Å². The second kappa shape index (κ2) is 8.93. The summed E-state index contributed by atoms with van der Waals surface area (Å²) in [5.74, 6) is 0. The monoisotopic (exact) mass is 339 g/mol. The van der Waals surface area contributed by atoms with Crippen LogP contribution in [0.5, 0.6) is 0 Å². The van der Waals surface area contributed by atoms with Crippen molar-refractivity contribution in [2.45, 2.75) is 25.7 Å². The molecule has 116 valence electrons. The molecule has 3 rings (SSSR count).